The number of hydrogen-bond donors (Lipinski definition) is 2. The summed E-state index contributed by atoms with van der Waals surface area (Å²) in [5.74, 6) is -0.161. The highest BCUT2D eigenvalue weighted by Gasteiger charge is 2.60. The topological polar surface area (TPSA) is 70.6 Å². The molecule has 2 amide bonds. The molecule has 1 aliphatic carbocycles. The quantitative estimate of drug-likeness (QED) is 0.430. The second-order valence-corrected chi connectivity index (χ2v) is 10.7. The van der Waals surface area contributed by atoms with Gasteiger partial charge in [0.25, 0.3) is 5.91 Å². The van der Waals surface area contributed by atoms with E-state index in [1.807, 2.05) is 0 Å². The predicted molar refractivity (Wildman–Crippen MR) is 132 cm³/mol. The predicted octanol–water partition coefficient (Wildman–Crippen LogP) is 5.86. The molecule has 186 valence electrons. The van der Waals surface area contributed by atoms with Crippen LogP contribution in [0.3, 0.4) is 0 Å². The minimum Gasteiger partial charge on any atom is -0.354 e. The Labute approximate surface area is 215 Å². The number of rotatable bonds is 7. The summed E-state index contributed by atoms with van der Waals surface area (Å²) < 4.78 is 44.7. The minimum atomic E-state index is -4.62. The van der Waals surface area contributed by atoms with Crippen LogP contribution >= 0.6 is 35.1 Å². The smallest absolute Gasteiger partial charge is 0.354 e. The number of nitrogens with zero attached hydrogens (tertiary/aromatic N) is 1. The molecular formula is C24H22Cl2F3N3O2S. The molecule has 1 unspecified atom stereocenters. The molecule has 2 aliphatic rings. The standard InChI is InChI=1S/C24H22Cl2F3N3O2S/c1-13-6-15(4-5-19(13)22(34)31-12-21(33)30-11-14-2-3-14)20-10-23(35-32-20,24(27,28)29)16-7-17(25)9-18(26)8-16/h4-9,14H,2-3,10-12H2,1H3,(H,30,33)(H,31,34). The van der Waals surface area contributed by atoms with Gasteiger partial charge in [-0.2, -0.15) is 13.2 Å². The second-order valence-electron chi connectivity index (χ2n) is 8.75. The van der Waals surface area contributed by atoms with Crippen LogP contribution < -0.4 is 10.6 Å². The molecule has 1 saturated carbocycles. The van der Waals surface area contributed by atoms with E-state index in [1.54, 1.807) is 19.1 Å². The first kappa shape index (κ1) is 25.9. The number of carbonyl (C=O) groups excluding carboxylic acids is 2. The number of amides is 2. The van der Waals surface area contributed by atoms with Crippen molar-refractivity contribution in [1.82, 2.24) is 10.6 Å². The molecule has 2 aromatic rings. The maximum absolute atomic E-state index is 14.3. The number of carbonyl (C=O) groups is 2. The lowest BCUT2D eigenvalue weighted by Crippen LogP contribution is -2.38. The molecule has 35 heavy (non-hydrogen) atoms. The summed E-state index contributed by atoms with van der Waals surface area (Å²) in [4.78, 5) is 24.4. The molecule has 1 atom stereocenters. The Kier molecular flexibility index (Phi) is 7.41. The SMILES string of the molecule is Cc1cc(C2=NSC(c3cc(Cl)cc(Cl)c3)(C(F)(F)F)C2)ccc1C(=O)NCC(=O)NCC1CC1. The van der Waals surface area contributed by atoms with E-state index in [0.29, 0.717) is 41.1 Å². The third kappa shape index (κ3) is 5.78. The second kappa shape index (κ2) is 10.0. The molecule has 1 heterocycles. The Morgan fingerprint density at radius 1 is 1.11 bits per heavy atom. The third-order valence-electron chi connectivity index (χ3n) is 6.01. The fourth-order valence-electron chi connectivity index (χ4n) is 3.84. The van der Waals surface area contributed by atoms with Crippen molar-refractivity contribution < 1.29 is 22.8 Å². The van der Waals surface area contributed by atoms with Crippen molar-refractivity contribution in [2.45, 2.75) is 37.1 Å². The summed E-state index contributed by atoms with van der Waals surface area (Å²) in [7, 11) is 0. The highest BCUT2D eigenvalue weighted by atomic mass is 35.5. The van der Waals surface area contributed by atoms with Gasteiger partial charge in [0.15, 0.2) is 4.75 Å². The third-order valence-corrected chi connectivity index (χ3v) is 7.68. The summed E-state index contributed by atoms with van der Waals surface area (Å²) in [6.45, 7) is 2.15. The molecular weight excluding hydrogens is 522 g/mol. The largest absolute Gasteiger partial charge is 0.409 e. The van der Waals surface area contributed by atoms with E-state index in [-0.39, 0.29) is 33.8 Å². The molecule has 0 aromatic heterocycles. The van der Waals surface area contributed by atoms with Gasteiger partial charge in [-0.05, 0) is 84.7 Å². The Bertz CT molecular complexity index is 1180. The number of hydrogen-bond acceptors (Lipinski definition) is 4. The molecule has 0 spiro atoms. The van der Waals surface area contributed by atoms with E-state index in [1.165, 1.54) is 24.3 Å². The number of alkyl halides is 3. The number of nitrogens with one attached hydrogen (secondary N) is 2. The average Bonchev–Trinajstić information content (AvgIpc) is 3.49. The zero-order valence-electron chi connectivity index (χ0n) is 18.6. The summed E-state index contributed by atoms with van der Waals surface area (Å²) in [6.07, 6.45) is -2.81. The fraction of sp³-hybridized carbons (Fsp3) is 0.375. The van der Waals surface area contributed by atoms with Crippen molar-refractivity contribution in [3.8, 4) is 0 Å². The maximum Gasteiger partial charge on any atom is 0.409 e. The number of benzene rings is 2. The van der Waals surface area contributed by atoms with E-state index < -0.39 is 23.3 Å². The van der Waals surface area contributed by atoms with Gasteiger partial charge in [0.05, 0.1) is 12.3 Å². The van der Waals surface area contributed by atoms with Crippen LogP contribution in [0, 0.1) is 12.8 Å². The summed E-state index contributed by atoms with van der Waals surface area (Å²) in [5.41, 5.74) is 1.55. The lowest BCUT2D eigenvalue weighted by atomic mass is 9.89. The van der Waals surface area contributed by atoms with Gasteiger partial charge in [0.2, 0.25) is 5.91 Å². The normalized spacial score (nSPS) is 19.9. The minimum absolute atomic E-state index is 0.0704. The van der Waals surface area contributed by atoms with Crippen molar-refractivity contribution >= 4 is 52.7 Å². The van der Waals surface area contributed by atoms with Gasteiger partial charge in [0.1, 0.15) is 0 Å². The molecule has 2 N–H and O–H groups in total. The van der Waals surface area contributed by atoms with Gasteiger partial charge in [-0.3, -0.25) is 9.59 Å². The molecule has 0 saturated heterocycles. The van der Waals surface area contributed by atoms with Crippen LogP contribution in [0.1, 0.15) is 46.3 Å². The highest BCUT2D eigenvalue weighted by Crippen LogP contribution is 2.57. The number of halogens is 5. The van der Waals surface area contributed by atoms with Gasteiger partial charge in [0, 0.05) is 28.6 Å². The van der Waals surface area contributed by atoms with Crippen LogP contribution in [0.5, 0.6) is 0 Å². The Morgan fingerprint density at radius 3 is 2.40 bits per heavy atom. The molecule has 2 aromatic carbocycles. The lowest BCUT2D eigenvalue weighted by Gasteiger charge is -2.30. The van der Waals surface area contributed by atoms with Gasteiger partial charge in [-0.15, -0.1) is 0 Å². The molecule has 1 fully saturated rings. The first-order valence-corrected chi connectivity index (χ1v) is 12.5. The highest BCUT2D eigenvalue weighted by molar-refractivity contribution is 7.99. The maximum atomic E-state index is 14.3. The van der Waals surface area contributed by atoms with Crippen LogP contribution in [-0.4, -0.2) is 36.8 Å². The van der Waals surface area contributed by atoms with Gasteiger partial charge in [-0.1, -0.05) is 29.3 Å². The molecule has 0 radical (unpaired) electrons. The Hall–Kier alpha value is -2.23. The van der Waals surface area contributed by atoms with Crippen molar-refractivity contribution in [2.24, 2.45) is 10.3 Å². The van der Waals surface area contributed by atoms with Crippen LogP contribution in [0.2, 0.25) is 10.0 Å². The molecule has 5 nitrogen and oxygen atoms in total. The van der Waals surface area contributed by atoms with E-state index in [4.69, 9.17) is 23.2 Å². The fourth-order valence-corrected chi connectivity index (χ4v) is 5.33. The lowest BCUT2D eigenvalue weighted by molar-refractivity contribution is -0.159. The molecule has 0 bridgehead atoms. The molecule has 4 rings (SSSR count). The first-order valence-electron chi connectivity index (χ1n) is 10.9. The zero-order chi connectivity index (χ0) is 25.4. The zero-order valence-corrected chi connectivity index (χ0v) is 21.0. The van der Waals surface area contributed by atoms with Crippen molar-refractivity contribution in [2.75, 3.05) is 13.1 Å². The van der Waals surface area contributed by atoms with Gasteiger partial charge < -0.3 is 10.6 Å². The van der Waals surface area contributed by atoms with E-state index in [0.717, 1.165) is 12.8 Å². The van der Waals surface area contributed by atoms with Gasteiger partial charge in [-0.25, -0.2) is 4.40 Å². The van der Waals surface area contributed by atoms with E-state index >= 15 is 0 Å². The van der Waals surface area contributed by atoms with Crippen LogP contribution in [0.4, 0.5) is 13.2 Å². The van der Waals surface area contributed by atoms with Crippen molar-refractivity contribution in [3.05, 3.63) is 68.7 Å². The average molecular weight is 544 g/mol. The summed E-state index contributed by atoms with van der Waals surface area (Å²) in [6, 6.07) is 8.60. The molecule has 1 aliphatic heterocycles. The van der Waals surface area contributed by atoms with Crippen LogP contribution in [0.25, 0.3) is 0 Å². The molecule has 11 heteroatoms. The van der Waals surface area contributed by atoms with Crippen molar-refractivity contribution in [3.63, 3.8) is 0 Å². The summed E-state index contributed by atoms with van der Waals surface area (Å²) >= 11 is 12.4. The van der Waals surface area contributed by atoms with E-state index in [9.17, 15) is 22.8 Å². The monoisotopic (exact) mass is 543 g/mol. The van der Waals surface area contributed by atoms with Crippen molar-refractivity contribution in [1.29, 1.82) is 0 Å². The Balaban J connectivity index is 1.48. The van der Waals surface area contributed by atoms with Gasteiger partial charge >= 0.3 is 6.18 Å². The van der Waals surface area contributed by atoms with Crippen LogP contribution in [0.15, 0.2) is 40.8 Å². The number of aryl methyl sites for hydroxylation is 1. The van der Waals surface area contributed by atoms with Crippen LogP contribution in [-0.2, 0) is 9.54 Å². The van der Waals surface area contributed by atoms with E-state index in [2.05, 4.69) is 15.0 Å². The Morgan fingerprint density at radius 2 is 1.80 bits per heavy atom. The summed E-state index contributed by atoms with van der Waals surface area (Å²) in [5, 5.41) is 5.57. The first-order chi connectivity index (χ1) is 16.5.